The second-order valence-corrected chi connectivity index (χ2v) is 11.9. The quantitative estimate of drug-likeness (QED) is 0.334. The first-order valence-corrected chi connectivity index (χ1v) is 13.9. The van der Waals surface area contributed by atoms with E-state index in [0.29, 0.717) is 31.9 Å². The van der Waals surface area contributed by atoms with Crippen molar-refractivity contribution in [1.82, 2.24) is 39.2 Å². The first-order valence-electron chi connectivity index (χ1n) is 12.3. The Hall–Kier alpha value is -3.41. The van der Waals surface area contributed by atoms with Gasteiger partial charge >= 0.3 is 0 Å². The highest BCUT2D eigenvalue weighted by Crippen LogP contribution is 2.21. The van der Waals surface area contributed by atoms with Crippen LogP contribution in [-0.4, -0.2) is 73.0 Å². The van der Waals surface area contributed by atoms with Crippen LogP contribution < -0.4 is 0 Å². The lowest BCUT2D eigenvalue weighted by Crippen LogP contribution is -2.35. The topological polar surface area (TPSA) is 102 Å². The third kappa shape index (κ3) is 6.30. The van der Waals surface area contributed by atoms with Crippen molar-refractivity contribution in [2.75, 3.05) is 19.3 Å². The molecule has 1 saturated heterocycles. The van der Waals surface area contributed by atoms with Gasteiger partial charge in [-0.15, -0.1) is 10.2 Å². The maximum atomic E-state index is 12.9. The predicted molar refractivity (Wildman–Crippen MR) is 140 cm³/mol. The number of aryl methyl sites for hydroxylation is 2. The summed E-state index contributed by atoms with van der Waals surface area (Å²) in [6.07, 6.45) is 3.74. The van der Waals surface area contributed by atoms with E-state index in [1.165, 1.54) is 15.4 Å². The maximum Gasteiger partial charge on any atom is 0.216 e. The van der Waals surface area contributed by atoms with Gasteiger partial charge in [-0.1, -0.05) is 70.1 Å². The summed E-state index contributed by atoms with van der Waals surface area (Å²) in [6, 6.07) is 16.4. The van der Waals surface area contributed by atoms with Crippen LogP contribution in [0, 0.1) is 13.8 Å². The number of aromatic nitrogens is 6. The highest BCUT2D eigenvalue weighted by molar-refractivity contribution is 7.89. The second-order valence-electron chi connectivity index (χ2n) is 9.93. The summed E-state index contributed by atoms with van der Waals surface area (Å²) in [5.74, 6) is 0.0680. The maximum absolute atomic E-state index is 12.9. The fraction of sp³-hybridized carbons (Fsp3) is 0.385. The van der Waals surface area contributed by atoms with Crippen molar-refractivity contribution < 1.29 is 8.42 Å². The highest BCUT2D eigenvalue weighted by Gasteiger charge is 2.38. The third-order valence-electron chi connectivity index (χ3n) is 6.69. The van der Waals surface area contributed by atoms with Gasteiger partial charge in [-0.05, 0) is 32.0 Å². The van der Waals surface area contributed by atoms with E-state index in [0.717, 1.165) is 16.8 Å². The lowest BCUT2D eigenvalue weighted by Gasteiger charge is -2.21. The molecule has 0 amide bonds. The van der Waals surface area contributed by atoms with E-state index in [2.05, 4.69) is 83.0 Å². The van der Waals surface area contributed by atoms with Crippen molar-refractivity contribution in [1.29, 1.82) is 0 Å². The Morgan fingerprint density at radius 3 is 1.89 bits per heavy atom. The monoisotopic (exact) mass is 520 g/mol. The molecule has 2 aromatic heterocycles. The minimum absolute atomic E-state index is 0.0680. The van der Waals surface area contributed by atoms with E-state index in [-0.39, 0.29) is 18.3 Å². The van der Waals surface area contributed by atoms with Gasteiger partial charge in [0.1, 0.15) is 0 Å². The Bertz CT molecular complexity index is 1440. The van der Waals surface area contributed by atoms with Crippen LogP contribution in [0.4, 0.5) is 0 Å². The number of nitrogens with zero attached hydrogens (tertiary/aromatic N) is 8. The molecule has 5 rings (SSSR count). The Kier molecular flexibility index (Phi) is 7.18. The van der Waals surface area contributed by atoms with Gasteiger partial charge in [0, 0.05) is 19.1 Å². The van der Waals surface area contributed by atoms with Gasteiger partial charge in [-0.25, -0.2) is 17.8 Å². The number of benzene rings is 2. The molecule has 1 fully saturated rings. The van der Waals surface area contributed by atoms with E-state index >= 15 is 0 Å². The average molecular weight is 521 g/mol. The minimum atomic E-state index is -3.39. The fourth-order valence-electron chi connectivity index (χ4n) is 4.48. The van der Waals surface area contributed by atoms with E-state index in [1.54, 1.807) is 4.68 Å². The highest BCUT2D eigenvalue weighted by atomic mass is 32.2. The molecule has 1 aliphatic heterocycles. The van der Waals surface area contributed by atoms with Crippen LogP contribution in [0.3, 0.4) is 0 Å². The van der Waals surface area contributed by atoms with Crippen molar-refractivity contribution in [3.05, 3.63) is 94.6 Å². The molecule has 0 radical (unpaired) electrons. The SMILES string of the molecule is Cc1ccc(Cn2cc(CN(C)C3CN(Cc4cn(Cc5ccc(C)cc5)nn4)S(=O)(=O)C3)nn2)cc1. The molecule has 0 bridgehead atoms. The van der Waals surface area contributed by atoms with Crippen LogP contribution >= 0.6 is 0 Å². The molecule has 1 aliphatic rings. The minimum Gasteiger partial charge on any atom is -0.295 e. The molecule has 0 saturated carbocycles. The molecule has 11 heteroatoms. The summed E-state index contributed by atoms with van der Waals surface area (Å²) in [4.78, 5) is 2.03. The zero-order valence-electron chi connectivity index (χ0n) is 21.4. The van der Waals surface area contributed by atoms with Gasteiger partial charge in [0.05, 0.1) is 49.2 Å². The van der Waals surface area contributed by atoms with Gasteiger partial charge in [0.15, 0.2) is 0 Å². The molecule has 10 nitrogen and oxygen atoms in total. The standard InChI is InChI=1S/C26H32N8O2S/c1-20-4-8-22(9-5-20)12-32-15-24(27-29-32)14-31(3)26-18-34(37(35,36)19-26)17-25-16-33(30-28-25)13-23-10-6-21(2)7-11-23/h4-11,15-16,26H,12-14,17-19H2,1-3H3. The van der Waals surface area contributed by atoms with Crippen molar-refractivity contribution in [2.45, 2.75) is 46.1 Å². The number of likely N-dealkylation sites (N-methyl/N-ethyl adjacent to an activating group) is 1. The summed E-state index contributed by atoms with van der Waals surface area (Å²) in [5.41, 5.74) is 6.14. The van der Waals surface area contributed by atoms with E-state index in [9.17, 15) is 8.42 Å². The normalized spacial score (nSPS) is 17.6. The molecule has 1 atom stereocenters. The van der Waals surface area contributed by atoms with Crippen LogP contribution in [0.1, 0.15) is 33.6 Å². The molecule has 37 heavy (non-hydrogen) atoms. The van der Waals surface area contributed by atoms with Crippen LogP contribution in [0.15, 0.2) is 60.9 Å². The van der Waals surface area contributed by atoms with Gasteiger partial charge in [0.2, 0.25) is 10.0 Å². The summed E-state index contributed by atoms with van der Waals surface area (Å²) in [5, 5.41) is 16.9. The molecule has 194 valence electrons. The molecule has 0 aliphatic carbocycles. The lowest BCUT2D eigenvalue weighted by atomic mass is 10.1. The number of hydrogen-bond donors (Lipinski definition) is 0. The molecule has 2 aromatic carbocycles. The summed E-state index contributed by atoms with van der Waals surface area (Å²) in [7, 11) is -1.46. The first kappa shape index (κ1) is 25.2. The smallest absolute Gasteiger partial charge is 0.216 e. The largest absolute Gasteiger partial charge is 0.295 e. The molecule has 1 unspecified atom stereocenters. The number of sulfonamides is 1. The Balaban J connectivity index is 1.17. The predicted octanol–water partition coefficient (Wildman–Crippen LogP) is 2.23. The molecular formula is C26H32N8O2S. The van der Waals surface area contributed by atoms with Gasteiger partial charge in [-0.3, -0.25) is 4.90 Å². The van der Waals surface area contributed by atoms with Crippen molar-refractivity contribution in [2.24, 2.45) is 0 Å². The third-order valence-corrected chi connectivity index (χ3v) is 8.56. The van der Waals surface area contributed by atoms with Crippen LogP contribution in [0.2, 0.25) is 0 Å². The Labute approximate surface area is 217 Å². The van der Waals surface area contributed by atoms with Crippen molar-refractivity contribution in [3.8, 4) is 0 Å². The van der Waals surface area contributed by atoms with E-state index in [1.807, 2.05) is 29.0 Å². The zero-order valence-corrected chi connectivity index (χ0v) is 22.2. The lowest BCUT2D eigenvalue weighted by molar-refractivity contribution is 0.231. The van der Waals surface area contributed by atoms with Crippen LogP contribution in [0.25, 0.3) is 0 Å². The number of hydrogen-bond acceptors (Lipinski definition) is 7. The summed E-state index contributed by atoms with van der Waals surface area (Å²) >= 11 is 0. The molecule has 0 N–H and O–H groups in total. The van der Waals surface area contributed by atoms with Gasteiger partial charge in [0.25, 0.3) is 0 Å². The van der Waals surface area contributed by atoms with Crippen molar-refractivity contribution in [3.63, 3.8) is 0 Å². The van der Waals surface area contributed by atoms with E-state index in [4.69, 9.17) is 0 Å². The van der Waals surface area contributed by atoms with Crippen LogP contribution in [-0.2, 0) is 36.2 Å². The summed E-state index contributed by atoms with van der Waals surface area (Å²) in [6.45, 7) is 6.49. The fourth-order valence-corrected chi connectivity index (χ4v) is 6.27. The second kappa shape index (κ2) is 10.5. The molecule has 0 spiro atoms. The Morgan fingerprint density at radius 2 is 1.32 bits per heavy atom. The first-order chi connectivity index (χ1) is 17.7. The van der Waals surface area contributed by atoms with Gasteiger partial charge < -0.3 is 0 Å². The molecular weight excluding hydrogens is 488 g/mol. The Morgan fingerprint density at radius 1 is 0.811 bits per heavy atom. The van der Waals surface area contributed by atoms with Crippen LogP contribution in [0.5, 0.6) is 0 Å². The number of rotatable bonds is 9. The zero-order chi connectivity index (χ0) is 26.0. The summed E-state index contributed by atoms with van der Waals surface area (Å²) < 4.78 is 30.9. The van der Waals surface area contributed by atoms with Gasteiger partial charge in [-0.2, -0.15) is 4.31 Å². The molecule has 3 heterocycles. The molecule has 4 aromatic rings. The van der Waals surface area contributed by atoms with Crippen molar-refractivity contribution >= 4 is 10.0 Å². The average Bonchev–Trinajstić information content (AvgIpc) is 3.57. The van der Waals surface area contributed by atoms with E-state index < -0.39 is 10.0 Å².